The summed E-state index contributed by atoms with van der Waals surface area (Å²) in [6.45, 7) is 1.49. The molecule has 0 spiro atoms. The van der Waals surface area contributed by atoms with E-state index in [0.717, 1.165) is 10.7 Å². The van der Waals surface area contributed by atoms with E-state index in [1.165, 1.54) is 36.7 Å². The predicted octanol–water partition coefficient (Wildman–Crippen LogP) is 3.77. The Balaban J connectivity index is 2.05. The Morgan fingerprint density at radius 3 is 2.55 bits per heavy atom. The van der Waals surface area contributed by atoms with E-state index in [2.05, 4.69) is 15.1 Å². The Morgan fingerprint density at radius 2 is 1.90 bits per heavy atom. The second kappa shape index (κ2) is 6.42. The van der Waals surface area contributed by atoms with E-state index in [9.17, 15) is 21.6 Å². The van der Waals surface area contributed by atoms with Crippen LogP contribution in [0.5, 0.6) is 0 Å². The Kier molecular flexibility index (Phi) is 4.35. The maximum absolute atomic E-state index is 13.0. The number of aromatic nitrogens is 5. The van der Waals surface area contributed by atoms with Gasteiger partial charge in [0.2, 0.25) is 5.95 Å². The van der Waals surface area contributed by atoms with Crippen molar-refractivity contribution in [3.05, 3.63) is 41.0 Å². The van der Waals surface area contributed by atoms with Crippen LogP contribution in [0.1, 0.15) is 12.5 Å². The number of hydrogen-bond acceptors (Lipinski definition) is 5. The number of fused-ring (bicyclic) bond motifs is 2. The van der Waals surface area contributed by atoms with Gasteiger partial charge in [-0.15, -0.1) is 0 Å². The van der Waals surface area contributed by atoms with Gasteiger partial charge in [-0.2, -0.15) is 23.0 Å². The highest BCUT2D eigenvalue weighted by atomic mass is 35.5. The molecule has 4 rings (SSSR count). The summed E-state index contributed by atoms with van der Waals surface area (Å²) >= 11 is 5.99. The van der Waals surface area contributed by atoms with E-state index in [1.54, 1.807) is 0 Å². The average molecular weight is 444 g/mol. The SMILES string of the molecule is CCS(=O)(=O)c1c2ccc(Cl)cc2nn1-c1nc2cc(C(F)(F)F)cnc2n1C. The lowest BCUT2D eigenvalue weighted by Crippen LogP contribution is -2.14. The van der Waals surface area contributed by atoms with Crippen LogP contribution in [0.15, 0.2) is 35.5 Å². The minimum Gasteiger partial charge on any atom is -0.296 e. The van der Waals surface area contributed by atoms with Gasteiger partial charge in [-0.1, -0.05) is 18.5 Å². The lowest BCUT2D eigenvalue weighted by Gasteiger charge is -2.07. The van der Waals surface area contributed by atoms with Crippen LogP contribution < -0.4 is 0 Å². The molecule has 1 aromatic carbocycles. The number of sulfone groups is 1. The van der Waals surface area contributed by atoms with E-state index in [-0.39, 0.29) is 27.9 Å². The fourth-order valence-corrected chi connectivity index (χ4v) is 4.35. The third-order valence-electron chi connectivity index (χ3n) is 4.47. The summed E-state index contributed by atoms with van der Waals surface area (Å²) in [6.07, 6.45) is -3.87. The van der Waals surface area contributed by atoms with Crippen molar-refractivity contribution in [3.63, 3.8) is 0 Å². The summed E-state index contributed by atoms with van der Waals surface area (Å²) in [5.41, 5.74) is -0.505. The third kappa shape index (κ3) is 3.14. The topological polar surface area (TPSA) is 82.7 Å². The van der Waals surface area contributed by atoms with Gasteiger partial charge in [0.05, 0.1) is 16.8 Å². The number of benzene rings is 1. The first-order chi connectivity index (χ1) is 13.5. The van der Waals surface area contributed by atoms with Crippen LogP contribution >= 0.6 is 11.6 Å². The van der Waals surface area contributed by atoms with Crippen molar-refractivity contribution < 1.29 is 21.6 Å². The van der Waals surface area contributed by atoms with E-state index in [0.29, 0.717) is 22.1 Å². The van der Waals surface area contributed by atoms with Crippen LogP contribution in [0.4, 0.5) is 13.2 Å². The van der Waals surface area contributed by atoms with Crippen molar-refractivity contribution in [1.29, 1.82) is 0 Å². The Labute approximate surface area is 167 Å². The molecule has 0 aliphatic carbocycles. The van der Waals surface area contributed by atoms with Crippen LogP contribution in [-0.4, -0.2) is 38.5 Å². The number of rotatable bonds is 3. The molecule has 0 radical (unpaired) electrons. The molecule has 12 heteroatoms. The van der Waals surface area contributed by atoms with Crippen LogP contribution in [0.2, 0.25) is 5.02 Å². The standard InChI is InChI=1S/C17H13ClF3N5O2S/c1-3-29(27,28)15-11-5-4-10(18)7-12(11)24-26(15)16-23-13-6-9(17(19,20)21)8-22-14(13)25(16)2/h4-8H,3H2,1-2H3. The van der Waals surface area contributed by atoms with Crippen molar-refractivity contribution in [2.75, 3.05) is 5.75 Å². The normalized spacial score (nSPS) is 12.9. The molecule has 0 aliphatic heterocycles. The predicted molar refractivity (Wildman–Crippen MR) is 101 cm³/mol. The van der Waals surface area contributed by atoms with Gasteiger partial charge in [0.1, 0.15) is 5.52 Å². The molecule has 7 nitrogen and oxygen atoms in total. The molecule has 29 heavy (non-hydrogen) atoms. The molecule has 0 atom stereocenters. The molecule has 0 amide bonds. The molecule has 0 N–H and O–H groups in total. The van der Waals surface area contributed by atoms with Gasteiger partial charge in [-0.05, 0) is 24.3 Å². The molecular weight excluding hydrogens is 431 g/mol. The first kappa shape index (κ1) is 19.6. The first-order valence-corrected chi connectivity index (χ1v) is 10.4. The van der Waals surface area contributed by atoms with Gasteiger partial charge in [0, 0.05) is 23.7 Å². The number of imidazole rings is 1. The fourth-order valence-electron chi connectivity index (χ4n) is 3.02. The summed E-state index contributed by atoms with van der Waals surface area (Å²) < 4.78 is 67.1. The maximum atomic E-state index is 13.0. The summed E-state index contributed by atoms with van der Waals surface area (Å²) in [4.78, 5) is 8.03. The van der Waals surface area contributed by atoms with E-state index >= 15 is 0 Å². The van der Waals surface area contributed by atoms with Crippen LogP contribution in [0, 0.1) is 0 Å². The first-order valence-electron chi connectivity index (χ1n) is 8.34. The molecule has 4 aromatic rings. The Hall–Kier alpha value is -2.66. The average Bonchev–Trinajstić information content (AvgIpc) is 3.18. The van der Waals surface area contributed by atoms with Crippen LogP contribution in [0.25, 0.3) is 28.0 Å². The molecule has 152 valence electrons. The lowest BCUT2D eigenvalue weighted by atomic mass is 10.2. The van der Waals surface area contributed by atoms with Gasteiger partial charge in [-0.3, -0.25) is 4.57 Å². The molecule has 0 bridgehead atoms. The van der Waals surface area contributed by atoms with Crippen molar-refractivity contribution in [2.24, 2.45) is 7.05 Å². The second-order valence-electron chi connectivity index (χ2n) is 6.32. The van der Waals surface area contributed by atoms with Crippen LogP contribution in [0.3, 0.4) is 0 Å². The fraction of sp³-hybridized carbons (Fsp3) is 0.235. The molecule has 0 unspecified atom stereocenters. The van der Waals surface area contributed by atoms with E-state index < -0.39 is 21.6 Å². The number of hydrogen-bond donors (Lipinski definition) is 0. The van der Waals surface area contributed by atoms with Crippen LogP contribution in [-0.2, 0) is 23.1 Å². The minimum atomic E-state index is -4.58. The van der Waals surface area contributed by atoms with E-state index in [4.69, 9.17) is 11.6 Å². The quantitative estimate of drug-likeness (QED) is 0.481. The zero-order valence-electron chi connectivity index (χ0n) is 15.1. The number of halogens is 4. The number of pyridine rings is 1. The Bertz CT molecular complexity index is 1380. The number of aryl methyl sites for hydroxylation is 1. The lowest BCUT2D eigenvalue weighted by molar-refractivity contribution is -0.137. The van der Waals surface area contributed by atoms with E-state index in [1.807, 2.05) is 0 Å². The Morgan fingerprint density at radius 1 is 1.17 bits per heavy atom. The van der Waals surface area contributed by atoms with Crippen molar-refractivity contribution >= 4 is 43.5 Å². The van der Waals surface area contributed by atoms with Gasteiger partial charge in [0.15, 0.2) is 20.5 Å². The largest absolute Gasteiger partial charge is 0.417 e. The van der Waals surface area contributed by atoms with Gasteiger partial charge >= 0.3 is 6.18 Å². The third-order valence-corrected chi connectivity index (χ3v) is 6.44. The van der Waals surface area contributed by atoms with Gasteiger partial charge in [0.25, 0.3) is 0 Å². The number of alkyl halides is 3. The van der Waals surface area contributed by atoms with Crippen molar-refractivity contribution in [3.8, 4) is 5.95 Å². The molecule has 0 saturated carbocycles. The molecule has 0 fully saturated rings. The summed E-state index contributed by atoms with van der Waals surface area (Å²) in [5, 5.41) is 4.90. The van der Waals surface area contributed by atoms with Gasteiger partial charge < -0.3 is 0 Å². The smallest absolute Gasteiger partial charge is 0.296 e. The van der Waals surface area contributed by atoms with Gasteiger partial charge in [-0.25, -0.2) is 18.4 Å². The summed E-state index contributed by atoms with van der Waals surface area (Å²) in [7, 11) is -2.23. The highest BCUT2D eigenvalue weighted by molar-refractivity contribution is 7.91. The number of nitrogens with zero attached hydrogens (tertiary/aromatic N) is 5. The molecular formula is C17H13ClF3N5O2S. The molecule has 0 saturated heterocycles. The molecule has 3 aromatic heterocycles. The zero-order chi connectivity index (χ0) is 21.1. The highest BCUT2D eigenvalue weighted by Gasteiger charge is 2.32. The maximum Gasteiger partial charge on any atom is 0.417 e. The van der Waals surface area contributed by atoms with Crippen molar-refractivity contribution in [1.82, 2.24) is 24.3 Å². The summed E-state index contributed by atoms with van der Waals surface area (Å²) in [6, 6.07) is 5.44. The summed E-state index contributed by atoms with van der Waals surface area (Å²) in [5.74, 6) is -0.178. The highest BCUT2D eigenvalue weighted by Crippen LogP contribution is 2.32. The molecule has 0 aliphatic rings. The second-order valence-corrected chi connectivity index (χ2v) is 8.95. The monoisotopic (exact) mass is 443 g/mol. The van der Waals surface area contributed by atoms with Crippen molar-refractivity contribution in [2.45, 2.75) is 18.1 Å². The zero-order valence-corrected chi connectivity index (χ0v) is 16.6. The molecule has 3 heterocycles. The minimum absolute atomic E-state index is 0.0196.